The van der Waals surface area contributed by atoms with E-state index in [1.165, 1.54) is 18.3 Å². The van der Waals surface area contributed by atoms with Crippen LogP contribution in [0.25, 0.3) is 10.6 Å². The van der Waals surface area contributed by atoms with Gasteiger partial charge in [0, 0.05) is 17.9 Å². The minimum atomic E-state index is -0.184. The smallest absolute Gasteiger partial charge is 0.185 e. The third kappa shape index (κ3) is 2.96. The lowest BCUT2D eigenvalue weighted by molar-refractivity contribution is 0.101. The van der Waals surface area contributed by atoms with Crippen LogP contribution in [0.2, 0.25) is 10.0 Å². The monoisotopic (exact) mass is 353 g/mol. The van der Waals surface area contributed by atoms with Gasteiger partial charge in [-0.15, -0.1) is 16.4 Å². The third-order valence-electron chi connectivity index (χ3n) is 2.80. The molecule has 0 radical (unpaired) electrons. The second-order valence-corrected chi connectivity index (χ2v) is 6.04. The van der Waals surface area contributed by atoms with Gasteiger partial charge in [0.1, 0.15) is 10.8 Å². The zero-order valence-electron chi connectivity index (χ0n) is 11.2. The lowest BCUT2D eigenvalue weighted by Crippen LogP contribution is -2.00. The molecule has 0 unspecified atom stereocenters. The number of nitrogens with zero attached hydrogens (tertiary/aromatic N) is 3. The molecule has 3 rings (SSSR count). The first-order chi connectivity index (χ1) is 10.5. The van der Waals surface area contributed by atoms with Crippen molar-refractivity contribution in [3.05, 3.63) is 39.3 Å². The average molecular weight is 354 g/mol. The molecule has 0 fully saturated rings. The highest BCUT2D eigenvalue weighted by atomic mass is 35.5. The van der Waals surface area contributed by atoms with Crippen molar-refractivity contribution < 1.29 is 4.79 Å². The van der Waals surface area contributed by atoms with Crippen LogP contribution in [0.15, 0.2) is 23.6 Å². The number of hydrogen-bond donors (Lipinski definition) is 2. The van der Waals surface area contributed by atoms with Gasteiger partial charge < -0.3 is 5.32 Å². The number of carbonyl (C=O) groups is 1. The molecular weight excluding hydrogens is 345 g/mol. The maximum absolute atomic E-state index is 11.4. The number of aromatic amines is 1. The van der Waals surface area contributed by atoms with E-state index in [2.05, 4.69) is 25.7 Å². The molecule has 2 aromatic heterocycles. The van der Waals surface area contributed by atoms with Crippen molar-refractivity contribution in [1.29, 1.82) is 0 Å². The Morgan fingerprint density at radius 2 is 2.09 bits per heavy atom. The molecular formula is C13H9Cl2N5OS. The van der Waals surface area contributed by atoms with Crippen molar-refractivity contribution in [3.63, 3.8) is 0 Å². The quantitative estimate of drug-likeness (QED) is 0.687. The zero-order valence-corrected chi connectivity index (χ0v) is 13.6. The van der Waals surface area contributed by atoms with Crippen molar-refractivity contribution in [2.24, 2.45) is 0 Å². The molecule has 6 nitrogen and oxygen atoms in total. The van der Waals surface area contributed by atoms with Crippen molar-refractivity contribution in [1.82, 2.24) is 20.4 Å². The number of aromatic nitrogens is 4. The van der Waals surface area contributed by atoms with Gasteiger partial charge in [0.25, 0.3) is 0 Å². The van der Waals surface area contributed by atoms with Crippen LogP contribution in [0.3, 0.4) is 0 Å². The lowest BCUT2D eigenvalue weighted by atomic mass is 10.2. The summed E-state index contributed by atoms with van der Waals surface area (Å²) >= 11 is 13.3. The van der Waals surface area contributed by atoms with Gasteiger partial charge in [-0.3, -0.25) is 4.79 Å². The zero-order chi connectivity index (χ0) is 15.7. The maximum atomic E-state index is 11.4. The average Bonchev–Trinajstić information content (AvgIpc) is 3.11. The number of ketones is 1. The number of rotatable bonds is 4. The molecule has 0 atom stereocenters. The number of Topliss-reactive ketones (excluding diaryl/α,β-unsaturated/α-hetero) is 1. The first-order valence-electron chi connectivity index (χ1n) is 6.14. The molecule has 0 saturated carbocycles. The molecule has 2 heterocycles. The Kier molecular flexibility index (Phi) is 4.10. The third-order valence-corrected chi connectivity index (χ3v) is 4.43. The first kappa shape index (κ1) is 15.0. The predicted octanol–water partition coefficient (Wildman–Crippen LogP) is 4.18. The van der Waals surface area contributed by atoms with Crippen LogP contribution >= 0.6 is 34.5 Å². The van der Waals surface area contributed by atoms with E-state index in [1.807, 2.05) is 11.4 Å². The SMILES string of the molecule is CC(=O)c1n[nH]nc1Nc1csc(-c2ccc(Cl)c(Cl)c2)n1. The van der Waals surface area contributed by atoms with Crippen LogP contribution in [0, 0.1) is 0 Å². The summed E-state index contributed by atoms with van der Waals surface area (Å²) in [6, 6.07) is 5.32. The van der Waals surface area contributed by atoms with Crippen LogP contribution < -0.4 is 5.32 Å². The number of thiazole rings is 1. The topological polar surface area (TPSA) is 83.6 Å². The maximum Gasteiger partial charge on any atom is 0.185 e. The lowest BCUT2D eigenvalue weighted by Gasteiger charge is -2.00. The van der Waals surface area contributed by atoms with Gasteiger partial charge in [-0.05, 0) is 12.1 Å². The Labute approximate surface area is 139 Å². The molecule has 0 aliphatic heterocycles. The van der Waals surface area contributed by atoms with E-state index in [-0.39, 0.29) is 11.5 Å². The largest absolute Gasteiger partial charge is 0.321 e. The number of halogens is 2. The normalized spacial score (nSPS) is 10.7. The van der Waals surface area contributed by atoms with Gasteiger partial charge in [0.05, 0.1) is 10.0 Å². The van der Waals surface area contributed by atoms with Crippen molar-refractivity contribution in [3.8, 4) is 10.6 Å². The summed E-state index contributed by atoms with van der Waals surface area (Å²) in [5.74, 6) is 0.733. The highest BCUT2D eigenvalue weighted by molar-refractivity contribution is 7.13. The molecule has 0 saturated heterocycles. The predicted molar refractivity (Wildman–Crippen MR) is 87.2 cm³/mol. The molecule has 3 aromatic rings. The Balaban J connectivity index is 1.86. The molecule has 112 valence electrons. The highest BCUT2D eigenvalue weighted by Gasteiger charge is 2.14. The van der Waals surface area contributed by atoms with Gasteiger partial charge in [0.15, 0.2) is 17.3 Å². The summed E-state index contributed by atoms with van der Waals surface area (Å²) in [4.78, 5) is 15.8. The van der Waals surface area contributed by atoms with Crippen molar-refractivity contribution in [2.45, 2.75) is 6.92 Å². The van der Waals surface area contributed by atoms with E-state index < -0.39 is 0 Å². The van der Waals surface area contributed by atoms with Crippen LogP contribution in [-0.2, 0) is 0 Å². The summed E-state index contributed by atoms with van der Waals surface area (Å²) in [6.07, 6.45) is 0. The summed E-state index contributed by atoms with van der Waals surface area (Å²) in [7, 11) is 0. The summed E-state index contributed by atoms with van der Waals surface area (Å²) < 4.78 is 0. The van der Waals surface area contributed by atoms with Crippen LogP contribution in [0.4, 0.5) is 11.6 Å². The summed E-state index contributed by atoms with van der Waals surface area (Å²) in [5, 5.41) is 16.6. The molecule has 2 N–H and O–H groups in total. The molecule has 9 heteroatoms. The molecule has 0 aliphatic rings. The number of benzene rings is 1. The van der Waals surface area contributed by atoms with E-state index >= 15 is 0 Å². The van der Waals surface area contributed by atoms with Crippen LogP contribution in [0.1, 0.15) is 17.4 Å². The molecule has 0 aliphatic carbocycles. The van der Waals surface area contributed by atoms with Crippen LogP contribution in [0.5, 0.6) is 0 Å². The van der Waals surface area contributed by atoms with Gasteiger partial charge in [-0.1, -0.05) is 29.3 Å². The number of nitrogens with one attached hydrogen (secondary N) is 2. The summed E-state index contributed by atoms with van der Waals surface area (Å²) in [6.45, 7) is 1.42. The minimum absolute atomic E-state index is 0.184. The number of anilines is 2. The molecule has 0 spiro atoms. The molecule has 0 amide bonds. The van der Waals surface area contributed by atoms with Crippen LogP contribution in [-0.4, -0.2) is 26.2 Å². The highest BCUT2D eigenvalue weighted by Crippen LogP contribution is 2.32. The minimum Gasteiger partial charge on any atom is -0.321 e. The number of hydrogen-bond acceptors (Lipinski definition) is 6. The number of carbonyl (C=O) groups excluding carboxylic acids is 1. The van der Waals surface area contributed by atoms with Gasteiger partial charge >= 0.3 is 0 Å². The van der Waals surface area contributed by atoms with E-state index in [0.29, 0.717) is 21.7 Å². The van der Waals surface area contributed by atoms with Crippen molar-refractivity contribution in [2.75, 3.05) is 5.32 Å². The van der Waals surface area contributed by atoms with E-state index in [4.69, 9.17) is 23.2 Å². The second-order valence-electron chi connectivity index (χ2n) is 4.37. The van der Waals surface area contributed by atoms with E-state index in [9.17, 15) is 4.79 Å². The molecule has 1 aromatic carbocycles. The molecule has 22 heavy (non-hydrogen) atoms. The van der Waals surface area contributed by atoms with Gasteiger partial charge in [0.2, 0.25) is 0 Å². The van der Waals surface area contributed by atoms with Crippen molar-refractivity contribution >= 4 is 52.0 Å². The fourth-order valence-electron chi connectivity index (χ4n) is 1.78. The standard InChI is InChI=1S/C13H9Cl2N5OS/c1-6(21)11-12(19-20-18-11)16-10-5-22-13(17-10)7-2-3-8(14)9(15)4-7/h2-5H,1H3,(H2,16,18,19,20). The fraction of sp³-hybridized carbons (Fsp3) is 0.0769. The summed E-state index contributed by atoms with van der Waals surface area (Å²) in [5.41, 5.74) is 1.10. The van der Waals surface area contributed by atoms with Gasteiger partial charge in [-0.25, -0.2) is 4.98 Å². The Hall–Kier alpha value is -1.96. The second kappa shape index (κ2) is 6.04. The first-order valence-corrected chi connectivity index (χ1v) is 7.78. The van der Waals surface area contributed by atoms with E-state index in [1.54, 1.807) is 12.1 Å². The van der Waals surface area contributed by atoms with Gasteiger partial charge in [-0.2, -0.15) is 10.3 Å². The number of H-pyrrole nitrogens is 1. The Bertz CT molecular complexity index is 845. The van der Waals surface area contributed by atoms with E-state index in [0.717, 1.165) is 10.6 Å². The Morgan fingerprint density at radius 3 is 2.82 bits per heavy atom. The molecule has 0 bridgehead atoms. The fourth-order valence-corrected chi connectivity index (χ4v) is 2.82. The Morgan fingerprint density at radius 1 is 1.27 bits per heavy atom.